The highest BCUT2D eigenvalue weighted by molar-refractivity contribution is 6.20. The summed E-state index contributed by atoms with van der Waals surface area (Å²) in [6, 6.07) is -0.0809. The van der Waals surface area contributed by atoms with Gasteiger partial charge in [0, 0.05) is 39.9 Å². The maximum atomic E-state index is 12.2. The van der Waals surface area contributed by atoms with Crippen LogP contribution in [0, 0.1) is 24.2 Å². The highest BCUT2D eigenvalue weighted by Gasteiger charge is 2.46. The van der Waals surface area contributed by atoms with Crippen molar-refractivity contribution in [2.24, 2.45) is 27.2 Å². The molecule has 1 aromatic rings. The molecular formula is C38H44N4O4. The maximum Gasteiger partial charge on any atom is 0.305 e. The fourth-order valence-electron chi connectivity index (χ4n) is 7.38. The normalized spacial score (nSPS) is 27.3. The molecule has 0 saturated heterocycles. The Morgan fingerprint density at radius 1 is 1.11 bits per heavy atom. The number of esters is 1. The Bertz CT molecular complexity index is 1960. The van der Waals surface area contributed by atoms with Gasteiger partial charge >= 0.3 is 5.97 Å². The molecule has 0 saturated carbocycles. The van der Waals surface area contributed by atoms with Crippen LogP contribution in [0.25, 0.3) is 17.9 Å². The molecule has 5 heterocycles. The summed E-state index contributed by atoms with van der Waals surface area (Å²) in [5.41, 5.74) is 11.3. The number of rotatable bonds is 5. The van der Waals surface area contributed by atoms with Crippen LogP contribution in [0.15, 0.2) is 98.5 Å². The van der Waals surface area contributed by atoms with Gasteiger partial charge in [-0.25, -0.2) is 4.99 Å². The standard InChI is InChI=1S/C38H42N4O3.H2O/c1-10-25-20(3)29-16-33-27-13-11-19(2)23(6)38(27,8)35(42-33)18-30-22(5)37(24(7)43)34(41-30)17-32-26(12-14-36(44)45-9)21(4)28(40-32)15-31(25)39-29;/h10-11,13,15-18,21,23,28,40-41,43H,1,7,12,14H2,2-6,8-9H3;1H2/b30-18?,31-15-,33-16?,34-17?;/t21?,23-,28?,38-;/m1./s1. The molecule has 0 fully saturated rings. The summed E-state index contributed by atoms with van der Waals surface area (Å²) in [6.07, 6.45) is 15.5. The van der Waals surface area contributed by atoms with Crippen molar-refractivity contribution < 1.29 is 20.1 Å². The van der Waals surface area contributed by atoms with Crippen molar-refractivity contribution in [3.8, 4) is 0 Å². The lowest BCUT2D eigenvalue weighted by molar-refractivity contribution is -0.140. The van der Waals surface area contributed by atoms with E-state index < -0.39 is 0 Å². The van der Waals surface area contributed by atoms with E-state index in [4.69, 9.17) is 14.7 Å². The van der Waals surface area contributed by atoms with Crippen molar-refractivity contribution in [1.82, 2.24) is 10.3 Å². The zero-order valence-corrected chi connectivity index (χ0v) is 27.8. The number of aliphatic hydroxyl groups is 1. The summed E-state index contributed by atoms with van der Waals surface area (Å²) < 4.78 is 4.97. The molecule has 1 aromatic heterocycles. The van der Waals surface area contributed by atoms with E-state index in [0.717, 1.165) is 61.5 Å². The molecule has 240 valence electrons. The van der Waals surface area contributed by atoms with Crippen molar-refractivity contribution in [2.45, 2.75) is 60.4 Å². The number of aromatic amines is 1. The minimum atomic E-state index is -0.354. The Hall–Kier alpha value is -4.69. The van der Waals surface area contributed by atoms with Crippen molar-refractivity contribution >= 4 is 35.3 Å². The highest BCUT2D eigenvalue weighted by Crippen LogP contribution is 2.51. The van der Waals surface area contributed by atoms with Gasteiger partial charge in [0.1, 0.15) is 5.76 Å². The van der Waals surface area contributed by atoms with Gasteiger partial charge in [0.05, 0.1) is 41.3 Å². The molecule has 0 spiro atoms. The van der Waals surface area contributed by atoms with Gasteiger partial charge in [-0.05, 0) is 86.6 Å². The zero-order valence-electron chi connectivity index (χ0n) is 27.8. The van der Waals surface area contributed by atoms with Crippen LogP contribution in [0.2, 0.25) is 0 Å². The smallest absolute Gasteiger partial charge is 0.305 e. The van der Waals surface area contributed by atoms with Crippen LogP contribution in [0.5, 0.6) is 0 Å². The minimum Gasteiger partial charge on any atom is -0.508 e. The number of nitrogens with zero attached hydrogens (tertiary/aromatic N) is 2. The van der Waals surface area contributed by atoms with Crippen LogP contribution >= 0.6 is 0 Å². The summed E-state index contributed by atoms with van der Waals surface area (Å²) in [4.78, 5) is 26.2. The fraction of sp³-hybridized carbons (Fsp3) is 0.342. The first kappa shape index (κ1) is 32.7. The summed E-state index contributed by atoms with van der Waals surface area (Å²) >= 11 is 0. The molecule has 1 aliphatic carbocycles. The first-order chi connectivity index (χ1) is 21.4. The van der Waals surface area contributed by atoms with E-state index in [1.54, 1.807) is 0 Å². The molecule has 5 N–H and O–H groups in total. The number of methoxy groups -OCH3 is 1. The molecule has 4 aliphatic heterocycles. The van der Waals surface area contributed by atoms with Gasteiger partial charge in [-0.15, -0.1) is 0 Å². The number of H-pyrrole nitrogens is 1. The topological polar surface area (TPSA) is 131 Å². The Morgan fingerprint density at radius 2 is 1.85 bits per heavy atom. The number of carbonyl (C=O) groups excluding carboxylic acids is 1. The number of aliphatic hydroxyl groups excluding tert-OH is 1. The molecule has 4 atom stereocenters. The van der Waals surface area contributed by atoms with Crippen LogP contribution in [0.1, 0.15) is 58.6 Å². The molecule has 5 aliphatic rings. The van der Waals surface area contributed by atoms with E-state index in [9.17, 15) is 9.90 Å². The molecule has 0 aromatic carbocycles. The zero-order chi connectivity index (χ0) is 32.4. The van der Waals surface area contributed by atoms with Crippen molar-refractivity contribution in [2.75, 3.05) is 7.11 Å². The quantitative estimate of drug-likeness (QED) is 0.311. The van der Waals surface area contributed by atoms with Crippen molar-refractivity contribution in [3.05, 3.63) is 110 Å². The Morgan fingerprint density at radius 3 is 2.52 bits per heavy atom. The van der Waals surface area contributed by atoms with Gasteiger partial charge in [0.15, 0.2) is 0 Å². The summed E-state index contributed by atoms with van der Waals surface area (Å²) in [7, 11) is 1.41. The summed E-state index contributed by atoms with van der Waals surface area (Å²) in [5, 5.41) is 16.1. The Labute approximate surface area is 270 Å². The number of fused-ring (bicyclic) bond motifs is 9. The summed E-state index contributed by atoms with van der Waals surface area (Å²) in [5.74, 6) is 0.0291. The van der Waals surface area contributed by atoms with E-state index in [1.807, 2.05) is 19.1 Å². The lowest BCUT2D eigenvalue weighted by atomic mass is 9.64. The number of nitrogens with one attached hydrogen (secondary N) is 2. The second-order valence-electron chi connectivity index (χ2n) is 12.9. The number of hydrogen-bond donors (Lipinski definition) is 3. The summed E-state index contributed by atoms with van der Waals surface area (Å²) in [6.45, 7) is 21.0. The number of allylic oxidation sites excluding steroid dienone is 8. The van der Waals surface area contributed by atoms with Crippen LogP contribution in [0.3, 0.4) is 0 Å². The van der Waals surface area contributed by atoms with Crippen molar-refractivity contribution in [3.63, 3.8) is 0 Å². The fourth-order valence-corrected chi connectivity index (χ4v) is 7.38. The predicted molar refractivity (Wildman–Crippen MR) is 186 cm³/mol. The number of ether oxygens (including phenoxy) is 1. The lowest BCUT2D eigenvalue weighted by Gasteiger charge is -2.37. The first-order valence-corrected chi connectivity index (χ1v) is 15.6. The van der Waals surface area contributed by atoms with Crippen LogP contribution < -0.4 is 16.0 Å². The molecule has 0 amide bonds. The van der Waals surface area contributed by atoms with Gasteiger partial charge in [0.2, 0.25) is 0 Å². The molecule has 6 rings (SSSR count). The third-order valence-corrected chi connectivity index (χ3v) is 10.5. The second kappa shape index (κ2) is 11.9. The third kappa shape index (κ3) is 5.01. The van der Waals surface area contributed by atoms with E-state index in [-0.39, 0.29) is 46.9 Å². The Balaban J connectivity index is 0.00000417. The van der Waals surface area contributed by atoms with Gasteiger partial charge in [-0.2, -0.15) is 0 Å². The maximum absolute atomic E-state index is 12.2. The number of carbonyl (C=O) groups is 1. The molecule has 46 heavy (non-hydrogen) atoms. The molecule has 8 bridgehead atoms. The van der Waals surface area contributed by atoms with Gasteiger partial charge in [-0.3, -0.25) is 9.79 Å². The lowest BCUT2D eigenvalue weighted by Crippen LogP contribution is -2.35. The van der Waals surface area contributed by atoms with E-state index in [0.29, 0.717) is 12.0 Å². The monoisotopic (exact) mass is 620 g/mol. The van der Waals surface area contributed by atoms with E-state index in [2.05, 4.69) is 88.5 Å². The SMILES string of the molecule is C=CC1=C(C)C2=N/C1=C\C1NC(=C(CCC(=O)OC)C1C)C=c1[nH]c(c(C)c1C(=C)O)=CC1=NC(=C2)C2=CC=C(C)[C@@H](C)[C@]21C.O. The second-order valence-corrected chi connectivity index (χ2v) is 12.9. The van der Waals surface area contributed by atoms with Crippen LogP contribution in [-0.2, 0) is 9.53 Å². The molecule has 8 nitrogen and oxygen atoms in total. The van der Waals surface area contributed by atoms with Crippen molar-refractivity contribution in [1.29, 1.82) is 0 Å². The van der Waals surface area contributed by atoms with E-state index in [1.165, 1.54) is 18.3 Å². The highest BCUT2D eigenvalue weighted by atomic mass is 16.5. The largest absolute Gasteiger partial charge is 0.508 e. The predicted octanol–water partition coefficient (Wildman–Crippen LogP) is 5.13. The molecule has 0 radical (unpaired) electrons. The van der Waals surface area contributed by atoms with Crippen LogP contribution in [-0.4, -0.2) is 46.1 Å². The van der Waals surface area contributed by atoms with E-state index >= 15 is 0 Å². The third-order valence-electron chi connectivity index (χ3n) is 10.5. The average molecular weight is 621 g/mol. The minimum absolute atomic E-state index is 0. The number of hydrogen-bond acceptors (Lipinski definition) is 6. The Kier molecular flexibility index (Phi) is 8.47. The number of aromatic nitrogens is 1. The molecular weight excluding hydrogens is 576 g/mol. The van der Waals surface area contributed by atoms with Gasteiger partial charge in [-0.1, -0.05) is 50.8 Å². The van der Waals surface area contributed by atoms with Gasteiger partial charge in [0.25, 0.3) is 0 Å². The van der Waals surface area contributed by atoms with Crippen LogP contribution in [0.4, 0.5) is 0 Å². The molecule has 2 unspecified atom stereocenters. The van der Waals surface area contributed by atoms with Gasteiger partial charge < -0.3 is 25.6 Å². The molecule has 8 heteroatoms. The average Bonchev–Trinajstić information content (AvgIpc) is 3.66. The first-order valence-electron chi connectivity index (χ1n) is 15.6. The number of aliphatic imine (C=N–C) groups is 2.